The van der Waals surface area contributed by atoms with Crippen molar-refractivity contribution in [2.24, 2.45) is 0 Å². The number of rotatable bonds is 16. The highest BCUT2D eigenvalue weighted by atomic mass is 16.5. The lowest BCUT2D eigenvalue weighted by molar-refractivity contribution is 0.299. The van der Waals surface area contributed by atoms with Crippen molar-refractivity contribution >= 4 is 11.1 Å². The zero-order chi connectivity index (χ0) is 24.2. The highest BCUT2D eigenvalue weighted by Gasteiger charge is 2.10. The number of hydrogen-bond acceptors (Lipinski definition) is 6. The Balaban J connectivity index is 1.44. The van der Waals surface area contributed by atoms with Gasteiger partial charge in [-0.15, -0.1) is 0 Å². The fourth-order valence-electron chi connectivity index (χ4n) is 3.78. The number of unbranched alkanes of at least 4 members (excludes halogenated alkanes) is 5. The summed E-state index contributed by atoms with van der Waals surface area (Å²) in [5.41, 5.74) is 2.52. The lowest BCUT2D eigenvalue weighted by Crippen LogP contribution is -2.13. The van der Waals surface area contributed by atoms with Crippen LogP contribution in [0.1, 0.15) is 44.9 Å². The highest BCUT2D eigenvalue weighted by Crippen LogP contribution is 2.28. The van der Waals surface area contributed by atoms with Crippen LogP contribution in [0, 0.1) is 0 Å². The van der Waals surface area contributed by atoms with Crippen LogP contribution in [0.5, 0.6) is 11.5 Å². The van der Waals surface area contributed by atoms with E-state index in [2.05, 4.69) is 43.0 Å². The maximum absolute atomic E-state index is 6.02. The molecule has 6 nitrogen and oxygen atoms in total. The monoisotopic (exact) mass is 467 g/mol. The van der Waals surface area contributed by atoms with Gasteiger partial charge in [0.05, 0.1) is 13.2 Å². The van der Waals surface area contributed by atoms with Crippen molar-refractivity contribution in [3.63, 3.8) is 0 Å². The van der Waals surface area contributed by atoms with Gasteiger partial charge in [0.2, 0.25) is 5.89 Å². The quantitative estimate of drug-likeness (QED) is 0.237. The van der Waals surface area contributed by atoms with Gasteiger partial charge >= 0.3 is 0 Å². The van der Waals surface area contributed by atoms with E-state index in [1.54, 1.807) is 0 Å². The summed E-state index contributed by atoms with van der Waals surface area (Å²) in [5, 5.41) is 0. The van der Waals surface area contributed by atoms with Gasteiger partial charge in [0.15, 0.2) is 5.58 Å². The molecule has 0 atom stereocenters. The SMILES string of the molecule is CN(C)CCCCCCOc1ccc2nc(-c3ccc(OCCCCCN(C)C)cc3)oc2c1. The van der Waals surface area contributed by atoms with E-state index in [4.69, 9.17) is 13.9 Å². The average molecular weight is 468 g/mol. The van der Waals surface area contributed by atoms with Gasteiger partial charge in [0.1, 0.15) is 17.0 Å². The smallest absolute Gasteiger partial charge is 0.227 e. The van der Waals surface area contributed by atoms with Crippen molar-refractivity contribution < 1.29 is 13.9 Å². The van der Waals surface area contributed by atoms with Crippen molar-refractivity contribution in [2.75, 3.05) is 54.5 Å². The number of oxazole rings is 1. The molecule has 0 saturated carbocycles. The van der Waals surface area contributed by atoms with Crippen LogP contribution in [-0.4, -0.2) is 69.3 Å². The molecule has 0 bridgehead atoms. The summed E-state index contributed by atoms with van der Waals surface area (Å²) in [6.45, 7) is 3.75. The van der Waals surface area contributed by atoms with E-state index in [9.17, 15) is 0 Å². The van der Waals surface area contributed by atoms with E-state index in [1.165, 1.54) is 32.1 Å². The largest absolute Gasteiger partial charge is 0.494 e. The standard InChI is InChI=1S/C28H41N3O3/c1-30(2)18-8-5-6-10-21-33-25-16-17-26-27(22-25)34-28(29-26)23-12-14-24(15-13-23)32-20-11-7-9-19-31(3)4/h12-17,22H,5-11,18-21H2,1-4H3. The molecular weight excluding hydrogens is 426 g/mol. The Morgan fingerprint density at radius 2 is 1.24 bits per heavy atom. The molecule has 0 aliphatic carbocycles. The maximum Gasteiger partial charge on any atom is 0.227 e. The Kier molecular flexibility index (Phi) is 10.7. The second-order valence-electron chi connectivity index (χ2n) is 9.45. The average Bonchev–Trinajstić information content (AvgIpc) is 3.24. The van der Waals surface area contributed by atoms with Crippen LogP contribution in [0.2, 0.25) is 0 Å². The van der Waals surface area contributed by atoms with Crippen molar-refractivity contribution in [1.82, 2.24) is 14.8 Å². The van der Waals surface area contributed by atoms with Crippen molar-refractivity contribution in [2.45, 2.75) is 44.9 Å². The molecule has 0 unspecified atom stereocenters. The number of aromatic nitrogens is 1. The zero-order valence-corrected chi connectivity index (χ0v) is 21.4. The molecule has 0 amide bonds. The molecule has 0 spiro atoms. The maximum atomic E-state index is 6.02. The molecule has 0 radical (unpaired) electrons. The first-order chi connectivity index (χ1) is 16.5. The summed E-state index contributed by atoms with van der Waals surface area (Å²) < 4.78 is 17.8. The molecular formula is C28H41N3O3. The van der Waals surface area contributed by atoms with Crippen LogP contribution in [0.25, 0.3) is 22.6 Å². The van der Waals surface area contributed by atoms with Gasteiger partial charge in [-0.25, -0.2) is 4.98 Å². The molecule has 186 valence electrons. The first kappa shape index (κ1) is 26.0. The second kappa shape index (κ2) is 14.0. The predicted octanol–water partition coefficient (Wildman–Crippen LogP) is 6.11. The topological polar surface area (TPSA) is 51.0 Å². The summed E-state index contributed by atoms with van der Waals surface area (Å²) in [6.07, 6.45) is 8.20. The normalized spacial score (nSPS) is 11.6. The lowest BCUT2D eigenvalue weighted by atomic mass is 10.2. The van der Waals surface area contributed by atoms with Gasteiger partial charge in [0, 0.05) is 11.6 Å². The molecule has 3 rings (SSSR count). The third kappa shape index (κ3) is 8.99. The van der Waals surface area contributed by atoms with Crippen LogP contribution >= 0.6 is 0 Å². The molecule has 3 aromatic rings. The van der Waals surface area contributed by atoms with Crippen LogP contribution in [-0.2, 0) is 0 Å². The number of fused-ring (bicyclic) bond motifs is 1. The lowest BCUT2D eigenvalue weighted by Gasteiger charge is -2.09. The van der Waals surface area contributed by atoms with E-state index < -0.39 is 0 Å². The molecule has 0 fully saturated rings. The first-order valence-electron chi connectivity index (χ1n) is 12.6. The van der Waals surface area contributed by atoms with E-state index >= 15 is 0 Å². The molecule has 0 aliphatic rings. The van der Waals surface area contributed by atoms with Crippen LogP contribution < -0.4 is 9.47 Å². The van der Waals surface area contributed by atoms with Gasteiger partial charge in [-0.05, 0) is 110 Å². The third-order valence-corrected chi connectivity index (χ3v) is 5.75. The minimum atomic E-state index is 0.614. The number of ether oxygens (including phenoxy) is 2. The summed E-state index contributed by atoms with van der Waals surface area (Å²) in [4.78, 5) is 9.09. The Morgan fingerprint density at radius 3 is 1.88 bits per heavy atom. The molecule has 1 heterocycles. The van der Waals surface area contributed by atoms with E-state index in [0.717, 1.165) is 67.3 Å². The van der Waals surface area contributed by atoms with E-state index in [0.29, 0.717) is 5.89 Å². The number of hydrogen-bond donors (Lipinski definition) is 0. The van der Waals surface area contributed by atoms with Crippen molar-refractivity contribution in [3.8, 4) is 23.0 Å². The van der Waals surface area contributed by atoms with Gasteiger partial charge in [-0.3, -0.25) is 0 Å². The molecule has 34 heavy (non-hydrogen) atoms. The molecule has 0 saturated heterocycles. The highest BCUT2D eigenvalue weighted by molar-refractivity contribution is 5.77. The van der Waals surface area contributed by atoms with E-state index in [1.807, 2.05) is 42.5 Å². The summed E-state index contributed by atoms with van der Waals surface area (Å²) in [7, 11) is 8.46. The summed E-state index contributed by atoms with van der Waals surface area (Å²) in [5.74, 6) is 2.32. The van der Waals surface area contributed by atoms with Crippen molar-refractivity contribution in [3.05, 3.63) is 42.5 Å². The van der Waals surface area contributed by atoms with Crippen molar-refractivity contribution in [1.29, 1.82) is 0 Å². The third-order valence-electron chi connectivity index (χ3n) is 5.75. The second-order valence-corrected chi connectivity index (χ2v) is 9.45. The Bertz CT molecular complexity index is 967. The minimum absolute atomic E-state index is 0.614. The molecule has 0 N–H and O–H groups in total. The zero-order valence-electron chi connectivity index (χ0n) is 21.4. The Labute approximate surface area is 204 Å². The fourth-order valence-corrected chi connectivity index (χ4v) is 3.78. The summed E-state index contributed by atoms with van der Waals surface area (Å²) in [6, 6.07) is 13.8. The van der Waals surface area contributed by atoms with Gasteiger partial charge in [-0.1, -0.05) is 12.8 Å². The predicted molar refractivity (Wildman–Crippen MR) is 140 cm³/mol. The van der Waals surface area contributed by atoms with Crippen LogP contribution in [0.4, 0.5) is 0 Å². The molecule has 1 aromatic heterocycles. The Morgan fingerprint density at radius 1 is 0.676 bits per heavy atom. The molecule has 0 aliphatic heterocycles. The number of benzene rings is 2. The first-order valence-corrected chi connectivity index (χ1v) is 12.6. The van der Waals surface area contributed by atoms with E-state index in [-0.39, 0.29) is 0 Å². The van der Waals surface area contributed by atoms with Crippen LogP contribution in [0.3, 0.4) is 0 Å². The van der Waals surface area contributed by atoms with Gasteiger partial charge < -0.3 is 23.7 Å². The Hall–Kier alpha value is -2.57. The number of nitrogens with zero attached hydrogens (tertiary/aromatic N) is 3. The molecule has 6 heteroatoms. The fraction of sp³-hybridized carbons (Fsp3) is 0.536. The van der Waals surface area contributed by atoms with Gasteiger partial charge in [-0.2, -0.15) is 0 Å². The van der Waals surface area contributed by atoms with Gasteiger partial charge in [0.25, 0.3) is 0 Å². The minimum Gasteiger partial charge on any atom is -0.494 e. The summed E-state index contributed by atoms with van der Waals surface area (Å²) >= 11 is 0. The van der Waals surface area contributed by atoms with Crippen LogP contribution in [0.15, 0.2) is 46.9 Å². The molecule has 2 aromatic carbocycles.